The van der Waals surface area contributed by atoms with E-state index in [4.69, 9.17) is 4.74 Å². The quantitative estimate of drug-likeness (QED) is 0.469. The maximum absolute atomic E-state index is 14.5. The fourth-order valence-electron chi connectivity index (χ4n) is 4.41. The van der Waals surface area contributed by atoms with Crippen molar-refractivity contribution in [1.82, 2.24) is 15.5 Å². The van der Waals surface area contributed by atoms with Crippen LogP contribution in [0, 0.1) is 13.8 Å². The summed E-state index contributed by atoms with van der Waals surface area (Å²) in [7, 11) is 0. The van der Waals surface area contributed by atoms with Crippen molar-refractivity contribution in [1.29, 1.82) is 0 Å². The molecule has 0 fully saturated rings. The van der Waals surface area contributed by atoms with E-state index in [2.05, 4.69) is 10.6 Å². The van der Waals surface area contributed by atoms with Crippen molar-refractivity contribution in [3.8, 4) is 0 Å². The number of carbonyl (C=O) groups is 3. The van der Waals surface area contributed by atoms with Gasteiger partial charge in [0.2, 0.25) is 11.8 Å². The van der Waals surface area contributed by atoms with Crippen molar-refractivity contribution in [3.63, 3.8) is 0 Å². The fraction of sp³-hybridized carbons (Fsp3) is 0.516. The van der Waals surface area contributed by atoms with Crippen LogP contribution in [0.5, 0.6) is 0 Å². The molecule has 3 amide bonds. The van der Waals surface area contributed by atoms with Gasteiger partial charge in [0.1, 0.15) is 17.7 Å². The Kier molecular flexibility index (Phi) is 10.1. The molecule has 2 aromatic carbocycles. The van der Waals surface area contributed by atoms with Crippen LogP contribution in [0.2, 0.25) is 0 Å². The molecule has 0 aliphatic heterocycles. The molecule has 38 heavy (non-hydrogen) atoms. The molecule has 0 saturated heterocycles. The molecule has 0 bridgehead atoms. The summed E-state index contributed by atoms with van der Waals surface area (Å²) in [5, 5.41) is 5.81. The Morgan fingerprint density at radius 1 is 0.895 bits per heavy atom. The lowest BCUT2D eigenvalue weighted by atomic mass is 9.91. The Morgan fingerprint density at radius 3 is 2.00 bits per heavy atom. The fourth-order valence-corrected chi connectivity index (χ4v) is 4.41. The van der Waals surface area contributed by atoms with Crippen LogP contribution in [0.25, 0.3) is 0 Å². The molecule has 0 aliphatic carbocycles. The van der Waals surface area contributed by atoms with E-state index in [1.807, 2.05) is 97.0 Å². The van der Waals surface area contributed by atoms with E-state index in [1.165, 1.54) is 0 Å². The highest BCUT2D eigenvalue weighted by Gasteiger charge is 2.42. The van der Waals surface area contributed by atoms with Gasteiger partial charge >= 0.3 is 6.09 Å². The molecular formula is C31H45N3O4. The first-order chi connectivity index (χ1) is 17.5. The second kappa shape index (κ2) is 12.5. The number of nitrogens with zero attached hydrogens (tertiary/aromatic N) is 1. The maximum atomic E-state index is 14.5. The predicted molar refractivity (Wildman–Crippen MR) is 152 cm³/mol. The molecule has 2 unspecified atom stereocenters. The Morgan fingerprint density at radius 2 is 1.50 bits per heavy atom. The molecule has 2 rings (SSSR count). The molecule has 0 aromatic heterocycles. The monoisotopic (exact) mass is 523 g/mol. The molecule has 0 heterocycles. The maximum Gasteiger partial charge on any atom is 0.408 e. The van der Waals surface area contributed by atoms with E-state index in [0.29, 0.717) is 0 Å². The number of rotatable bonds is 8. The molecule has 0 spiro atoms. The second-order valence-corrected chi connectivity index (χ2v) is 12.2. The summed E-state index contributed by atoms with van der Waals surface area (Å²) in [6.07, 6.45) is -0.438. The van der Waals surface area contributed by atoms with Crippen molar-refractivity contribution in [3.05, 3.63) is 70.8 Å². The highest BCUT2D eigenvalue weighted by Crippen LogP contribution is 2.32. The summed E-state index contributed by atoms with van der Waals surface area (Å²) in [5.74, 6) is -0.637. The van der Waals surface area contributed by atoms with Gasteiger partial charge in [-0.3, -0.25) is 9.59 Å². The zero-order valence-corrected chi connectivity index (χ0v) is 24.6. The number of nitrogens with one attached hydrogen (secondary N) is 2. The van der Waals surface area contributed by atoms with Crippen LogP contribution in [0.4, 0.5) is 4.79 Å². The molecule has 0 saturated carbocycles. The van der Waals surface area contributed by atoms with Gasteiger partial charge in [0.25, 0.3) is 0 Å². The number of aryl methyl sites for hydroxylation is 2. The van der Waals surface area contributed by atoms with Gasteiger partial charge in [0.05, 0.1) is 0 Å². The first-order valence-corrected chi connectivity index (χ1v) is 13.2. The first kappa shape index (κ1) is 30.9. The minimum absolute atomic E-state index is 0.118. The number of hydrogen-bond donors (Lipinski definition) is 2. The second-order valence-electron chi connectivity index (χ2n) is 12.2. The number of benzene rings is 2. The summed E-state index contributed by atoms with van der Waals surface area (Å²) in [5.41, 5.74) is 2.12. The van der Waals surface area contributed by atoms with Crippen molar-refractivity contribution < 1.29 is 19.1 Å². The van der Waals surface area contributed by atoms with Gasteiger partial charge in [0.15, 0.2) is 0 Å². The van der Waals surface area contributed by atoms with Crippen LogP contribution in [-0.4, -0.2) is 46.0 Å². The van der Waals surface area contributed by atoms with E-state index >= 15 is 0 Å². The molecule has 0 radical (unpaired) electrons. The summed E-state index contributed by atoms with van der Waals surface area (Å²) < 4.78 is 5.50. The topological polar surface area (TPSA) is 87.7 Å². The van der Waals surface area contributed by atoms with Crippen LogP contribution >= 0.6 is 0 Å². The van der Waals surface area contributed by atoms with E-state index in [0.717, 1.165) is 22.3 Å². The van der Waals surface area contributed by atoms with Crippen molar-refractivity contribution in [2.45, 2.75) is 105 Å². The molecule has 208 valence electrons. The Bertz CT molecular complexity index is 1110. The van der Waals surface area contributed by atoms with Gasteiger partial charge in [-0.25, -0.2) is 4.79 Å². The van der Waals surface area contributed by atoms with E-state index in [-0.39, 0.29) is 24.3 Å². The van der Waals surface area contributed by atoms with E-state index in [9.17, 15) is 14.4 Å². The Labute approximate surface area is 228 Å². The number of carbonyl (C=O) groups excluding carboxylic acids is 3. The predicted octanol–water partition coefficient (Wildman–Crippen LogP) is 5.63. The van der Waals surface area contributed by atoms with Crippen LogP contribution < -0.4 is 10.6 Å². The molecule has 7 nitrogen and oxygen atoms in total. The average molecular weight is 524 g/mol. The van der Waals surface area contributed by atoms with Gasteiger partial charge in [-0.15, -0.1) is 0 Å². The smallest absolute Gasteiger partial charge is 0.408 e. The van der Waals surface area contributed by atoms with Crippen LogP contribution in [0.15, 0.2) is 48.5 Å². The zero-order valence-electron chi connectivity index (χ0n) is 24.6. The van der Waals surface area contributed by atoms with Crippen LogP contribution in [0.1, 0.15) is 83.7 Å². The minimum atomic E-state index is -0.952. The van der Waals surface area contributed by atoms with Crippen LogP contribution in [-0.2, 0) is 20.7 Å². The molecule has 7 heteroatoms. The van der Waals surface area contributed by atoms with Gasteiger partial charge in [-0.2, -0.15) is 0 Å². The minimum Gasteiger partial charge on any atom is -0.444 e. The third-order valence-electron chi connectivity index (χ3n) is 5.89. The zero-order chi connectivity index (χ0) is 28.8. The normalized spacial score (nSPS) is 13.4. The van der Waals surface area contributed by atoms with Crippen LogP contribution in [0.3, 0.4) is 0 Å². The third-order valence-corrected chi connectivity index (χ3v) is 5.89. The number of hydrogen-bond acceptors (Lipinski definition) is 4. The first-order valence-electron chi connectivity index (χ1n) is 13.2. The average Bonchev–Trinajstić information content (AvgIpc) is 2.75. The van der Waals surface area contributed by atoms with Crippen molar-refractivity contribution in [2.75, 3.05) is 0 Å². The molecule has 2 aromatic rings. The lowest BCUT2D eigenvalue weighted by Gasteiger charge is -2.43. The molecule has 2 atom stereocenters. The Hall–Kier alpha value is -3.35. The van der Waals surface area contributed by atoms with Gasteiger partial charge < -0.3 is 20.3 Å². The number of ether oxygens (including phenoxy) is 1. The lowest BCUT2D eigenvalue weighted by Crippen LogP contribution is -2.59. The van der Waals surface area contributed by atoms with Crippen molar-refractivity contribution in [2.24, 2.45) is 0 Å². The largest absolute Gasteiger partial charge is 0.444 e. The standard InChI is InChI=1S/C31H45N3O4/c1-20(2)32-27(35)26(24-17-16-21(3)18-22(24)4)34(30(5,6)7)28(36)25(19-23-14-12-11-13-15-23)33-29(37)38-31(8,9)10/h11-18,20,25-26H,19H2,1-10H3,(H,32,35)(H,33,37). The molecular weight excluding hydrogens is 478 g/mol. The Balaban J connectivity index is 2.64. The SMILES string of the molecule is Cc1ccc(C(C(=O)NC(C)C)N(C(=O)C(Cc2ccccc2)NC(=O)OC(C)(C)C)C(C)(C)C)c(C)c1. The lowest BCUT2D eigenvalue weighted by molar-refractivity contribution is -0.148. The van der Waals surface area contributed by atoms with Crippen molar-refractivity contribution >= 4 is 17.9 Å². The van der Waals surface area contributed by atoms with E-state index < -0.39 is 29.3 Å². The highest BCUT2D eigenvalue weighted by molar-refractivity contribution is 5.93. The summed E-state index contributed by atoms with van der Waals surface area (Å²) in [4.78, 5) is 42.7. The number of alkyl carbamates (subject to hydrolysis) is 1. The van der Waals surface area contributed by atoms with Gasteiger partial charge in [-0.1, -0.05) is 54.1 Å². The summed E-state index contributed by atoms with van der Waals surface area (Å²) in [6, 6.07) is 13.4. The van der Waals surface area contributed by atoms with E-state index in [1.54, 1.807) is 25.7 Å². The number of amides is 3. The summed E-state index contributed by atoms with van der Waals surface area (Å²) in [6.45, 7) is 18.7. The molecule has 2 N–H and O–H groups in total. The summed E-state index contributed by atoms with van der Waals surface area (Å²) >= 11 is 0. The molecule has 0 aliphatic rings. The van der Waals surface area contributed by atoms with Gasteiger partial charge in [-0.05, 0) is 85.9 Å². The third kappa shape index (κ3) is 8.89. The van der Waals surface area contributed by atoms with Gasteiger partial charge in [0, 0.05) is 18.0 Å². The highest BCUT2D eigenvalue weighted by atomic mass is 16.6.